The largest absolute Gasteiger partial charge is 0.380 e. The number of amides is 1. The number of carbonyl (C=O) groups is 1. The molecule has 2 aromatic carbocycles. The van der Waals surface area contributed by atoms with Crippen LogP contribution in [0, 0.1) is 11.3 Å². The van der Waals surface area contributed by atoms with E-state index in [0.717, 1.165) is 16.7 Å². The van der Waals surface area contributed by atoms with E-state index in [1.807, 2.05) is 48.5 Å². The van der Waals surface area contributed by atoms with Crippen LogP contribution in [0.2, 0.25) is 0 Å². The minimum Gasteiger partial charge on any atom is -0.380 e. The molecule has 1 fully saturated rings. The predicted octanol–water partition coefficient (Wildman–Crippen LogP) is 2.30. The Labute approximate surface area is 147 Å². The second-order valence-corrected chi connectivity index (χ2v) is 6.30. The average molecular weight is 335 g/mol. The zero-order valence-corrected chi connectivity index (χ0v) is 14.2. The number of likely N-dealkylation sites (tertiary alicyclic amines) is 1. The minimum atomic E-state index is -0.306. The Kier molecular flexibility index (Phi) is 5.13. The van der Waals surface area contributed by atoms with Gasteiger partial charge >= 0.3 is 0 Å². The number of benzene rings is 2. The van der Waals surface area contributed by atoms with Crippen LogP contribution in [-0.2, 0) is 16.1 Å². The highest BCUT2D eigenvalue weighted by molar-refractivity contribution is 5.80. The maximum absolute atomic E-state index is 11.7. The lowest BCUT2D eigenvalue weighted by Gasteiger charge is -2.21. The van der Waals surface area contributed by atoms with E-state index in [1.165, 1.54) is 0 Å². The van der Waals surface area contributed by atoms with Crippen molar-refractivity contribution in [2.24, 2.45) is 5.73 Å². The lowest BCUT2D eigenvalue weighted by Crippen LogP contribution is -2.39. The van der Waals surface area contributed by atoms with Crippen LogP contribution in [0.4, 0.5) is 0 Å². The normalized spacial score (nSPS) is 20.3. The van der Waals surface area contributed by atoms with E-state index in [0.29, 0.717) is 25.1 Å². The van der Waals surface area contributed by atoms with Crippen LogP contribution in [-0.4, -0.2) is 36.6 Å². The Bertz CT molecular complexity index is 795. The number of nitrogens with two attached hydrogens (primary N) is 1. The summed E-state index contributed by atoms with van der Waals surface area (Å²) in [5.41, 5.74) is 9.21. The summed E-state index contributed by atoms with van der Waals surface area (Å²) in [5, 5.41) is 9.24. The van der Waals surface area contributed by atoms with Gasteiger partial charge in [0.1, 0.15) is 0 Å². The summed E-state index contributed by atoms with van der Waals surface area (Å²) >= 11 is 0. The van der Waals surface area contributed by atoms with E-state index in [1.54, 1.807) is 7.11 Å². The smallest absolute Gasteiger partial charge is 0.234 e. The van der Waals surface area contributed by atoms with Gasteiger partial charge in [-0.3, -0.25) is 9.69 Å². The molecule has 3 rings (SSSR count). The summed E-state index contributed by atoms with van der Waals surface area (Å²) < 4.78 is 5.38. The van der Waals surface area contributed by atoms with Gasteiger partial charge in [-0.15, -0.1) is 0 Å². The van der Waals surface area contributed by atoms with E-state index in [2.05, 4.69) is 11.0 Å². The highest BCUT2D eigenvalue weighted by Gasteiger charge is 2.35. The Morgan fingerprint density at radius 2 is 2.00 bits per heavy atom. The quantitative estimate of drug-likeness (QED) is 0.909. The summed E-state index contributed by atoms with van der Waals surface area (Å²) in [7, 11) is 1.66. The first-order valence-corrected chi connectivity index (χ1v) is 8.27. The molecule has 1 aliphatic heterocycles. The molecule has 1 saturated heterocycles. The van der Waals surface area contributed by atoms with E-state index < -0.39 is 0 Å². The van der Waals surface area contributed by atoms with Gasteiger partial charge in [0, 0.05) is 20.2 Å². The summed E-state index contributed by atoms with van der Waals surface area (Å²) in [6.07, 6.45) is 0.679. The fourth-order valence-corrected chi connectivity index (χ4v) is 3.36. The number of nitriles is 1. The zero-order chi connectivity index (χ0) is 17.8. The van der Waals surface area contributed by atoms with Crippen molar-refractivity contribution in [2.45, 2.75) is 25.1 Å². The van der Waals surface area contributed by atoms with Gasteiger partial charge in [0.15, 0.2) is 0 Å². The summed E-state index contributed by atoms with van der Waals surface area (Å²) in [6, 6.07) is 17.6. The number of carbonyl (C=O) groups excluding carboxylic acids is 1. The van der Waals surface area contributed by atoms with Crippen molar-refractivity contribution >= 4 is 5.91 Å². The molecule has 1 heterocycles. The topological polar surface area (TPSA) is 79.3 Å². The van der Waals surface area contributed by atoms with E-state index >= 15 is 0 Å². The summed E-state index contributed by atoms with van der Waals surface area (Å²) in [5.74, 6) is -0.306. The molecule has 2 N–H and O–H groups in total. The van der Waals surface area contributed by atoms with Gasteiger partial charge in [-0.2, -0.15) is 5.26 Å². The van der Waals surface area contributed by atoms with Gasteiger partial charge in [-0.1, -0.05) is 42.5 Å². The van der Waals surface area contributed by atoms with Crippen LogP contribution >= 0.6 is 0 Å². The van der Waals surface area contributed by atoms with Crippen molar-refractivity contribution in [1.29, 1.82) is 5.26 Å². The highest BCUT2D eigenvalue weighted by atomic mass is 16.5. The van der Waals surface area contributed by atoms with Crippen molar-refractivity contribution in [2.75, 3.05) is 13.7 Å². The molecule has 0 bridgehead atoms. The van der Waals surface area contributed by atoms with Crippen molar-refractivity contribution in [3.8, 4) is 17.2 Å². The number of methoxy groups -OCH3 is 1. The van der Waals surface area contributed by atoms with Crippen LogP contribution in [0.5, 0.6) is 0 Å². The van der Waals surface area contributed by atoms with Gasteiger partial charge in [0.2, 0.25) is 5.91 Å². The molecule has 0 unspecified atom stereocenters. The maximum Gasteiger partial charge on any atom is 0.234 e. The molecular weight excluding hydrogens is 314 g/mol. The maximum atomic E-state index is 11.7. The minimum absolute atomic E-state index is 0.0410. The molecule has 0 saturated carbocycles. The van der Waals surface area contributed by atoms with E-state index in [4.69, 9.17) is 10.5 Å². The fourth-order valence-electron chi connectivity index (χ4n) is 3.36. The molecule has 128 valence electrons. The fraction of sp³-hybridized carbons (Fsp3) is 0.300. The molecule has 0 spiro atoms. The first-order valence-electron chi connectivity index (χ1n) is 8.27. The van der Waals surface area contributed by atoms with Crippen molar-refractivity contribution in [3.05, 3.63) is 59.7 Å². The number of rotatable bonds is 5. The third-order valence-corrected chi connectivity index (χ3v) is 4.72. The van der Waals surface area contributed by atoms with Gasteiger partial charge < -0.3 is 10.5 Å². The van der Waals surface area contributed by atoms with Crippen molar-refractivity contribution in [3.63, 3.8) is 0 Å². The second kappa shape index (κ2) is 7.47. The first kappa shape index (κ1) is 17.2. The number of primary amides is 1. The molecule has 5 heteroatoms. The van der Waals surface area contributed by atoms with Crippen LogP contribution < -0.4 is 5.73 Å². The van der Waals surface area contributed by atoms with Gasteiger partial charge in [0.25, 0.3) is 0 Å². The molecule has 1 amide bonds. The lowest BCUT2D eigenvalue weighted by atomic mass is 9.99. The summed E-state index contributed by atoms with van der Waals surface area (Å²) in [6.45, 7) is 1.34. The Morgan fingerprint density at radius 1 is 1.28 bits per heavy atom. The van der Waals surface area contributed by atoms with Crippen LogP contribution in [0.3, 0.4) is 0 Å². The Hall–Kier alpha value is -2.68. The molecule has 0 aromatic heterocycles. The number of hydrogen-bond donors (Lipinski definition) is 1. The number of nitrogens with zero attached hydrogens (tertiary/aromatic N) is 2. The third-order valence-electron chi connectivity index (χ3n) is 4.72. The number of hydrogen-bond acceptors (Lipinski definition) is 4. The van der Waals surface area contributed by atoms with E-state index in [-0.39, 0.29) is 18.1 Å². The molecule has 0 aliphatic carbocycles. The zero-order valence-electron chi connectivity index (χ0n) is 14.2. The molecule has 25 heavy (non-hydrogen) atoms. The molecule has 2 aromatic rings. The first-order chi connectivity index (χ1) is 12.1. The van der Waals surface area contributed by atoms with Crippen LogP contribution in [0.1, 0.15) is 17.5 Å². The molecule has 5 nitrogen and oxygen atoms in total. The van der Waals surface area contributed by atoms with Gasteiger partial charge in [-0.05, 0) is 29.2 Å². The van der Waals surface area contributed by atoms with Crippen molar-refractivity contribution < 1.29 is 9.53 Å². The summed E-state index contributed by atoms with van der Waals surface area (Å²) in [4.78, 5) is 13.7. The van der Waals surface area contributed by atoms with Crippen LogP contribution in [0.15, 0.2) is 48.5 Å². The van der Waals surface area contributed by atoms with Gasteiger partial charge in [0.05, 0.1) is 23.8 Å². The SMILES string of the molecule is CO[C@H]1C[C@@H](C(N)=O)N(Cc2ccc(-c3ccccc3C#N)cc2)C1. The predicted molar refractivity (Wildman–Crippen MR) is 95.4 cm³/mol. The molecular formula is C20H21N3O2. The third kappa shape index (κ3) is 3.71. The van der Waals surface area contributed by atoms with Gasteiger partial charge in [-0.25, -0.2) is 0 Å². The highest BCUT2D eigenvalue weighted by Crippen LogP contribution is 2.26. The Morgan fingerprint density at radius 3 is 2.64 bits per heavy atom. The Balaban J connectivity index is 1.77. The van der Waals surface area contributed by atoms with Crippen molar-refractivity contribution in [1.82, 2.24) is 4.90 Å². The number of ether oxygens (including phenoxy) is 1. The molecule has 1 aliphatic rings. The van der Waals surface area contributed by atoms with Crippen LogP contribution in [0.25, 0.3) is 11.1 Å². The van der Waals surface area contributed by atoms with E-state index in [9.17, 15) is 10.1 Å². The average Bonchev–Trinajstić information content (AvgIpc) is 3.05. The standard InChI is InChI=1S/C20H21N3O2/c1-25-17-10-19(20(22)24)23(13-17)12-14-6-8-15(9-7-14)18-5-3-2-4-16(18)11-21/h2-9,17,19H,10,12-13H2,1H3,(H2,22,24)/t17-,19-/m0/s1. The monoisotopic (exact) mass is 335 g/mol. The molecule has 0 radical (unpaired) electrons. The second-order valence-electron chi connectivity index (χ2n) is 6.30. The lowest BCUT2D eigenvalue weighted by molar-refractivity contribution is -0.122. The molecule has 2 atom stereocenters.